The average molecular weight is 312 g/mol. The van der Waals surface area contributed by atoms with E-state index in [0.29, 0.717) is 50.0 Å². The molecule has 0 fully saturated rings. The molecule has 0 spiro atoms. The maximum atomic E-state index is 12.6. The Kier molecular flexibility index (Phi) is 5.47. The van der Waals surface area contributed by atoms with Crippen LogP contribution in [0.1, 0.15) is 26.7 Å². The molecule has 1 aromatic rings. The maximum absolute atomic E-state index is 12.6. The predicted molar refractivity (Wildman–Crippen MR) is 85.4 cm³/mol. The molecule has 0 saturated heterocycles. The van der Waals surface area contributed by atoms with Crippen molar-refractivity contribution in [3.8, 4) is 5.75 Å². The summed E-state index contributed by atoms with van der Waals surface area (Å²) < 4.78 is 32.3. The SMILES string of the molecule is CC(C)NCCCS(=O)(=O)N1CCCOc2ccccc21. The second-order valence-electron chi connectivity index (χ2n) is 5.52. The second-order valence-corrected chi connectivity index (χ2v) is 7.53. The van der Waals surface area contributed by atoms with Crippen LogP contribution in [0.25, 0.3) is 0 Å². The summed E-state index contributed by atoms with van der Waals surface area (Å²) in [5.74, 6) is 0.806. The highest BCUT2D eigenvalue weighted by molar-refractivity contribution is 7.92. The Hall–Kier alpha value is -1.27. The Labute approximate surface area is 127 Å². The summed E-state index contributed by atoms with van der Waals surface area (Å²) in [4.78, 5) is 0. The zero-order valence-corrected chi connectivity index (χ0v) is 13.5. The van der Waals surface area contributed by atoms with Gasteiger partial charge in [0.05, 0.1) is 18.0 Å². The standard InChI is InChI=1S/C15H24N2O3S/c1-13(2)16-9-5-12-21(18,19)17-10-6-11-20-15-8-4-3-7-14(15)17/h3-4,7-8,13,16H,5-6,9-12H2,1-2H3. The Morgan fingerprint density at radius 1 is 1.33 bits per heavy atom. The number of anilines is 1. The molecule has 6 heteroatoms. The lowest BCUT2D eigenvalue weighted by atomic mass is 10.3. The van der Waals surface area contributed by atoms with E-state index in [-0.39, 0.29) is 5.75 Å². The molecule has 1 heterocycles. The largest absolute Gasteiger partial charge is 0.491 e. The third-order valence-corrected chi connectivity index (χ3v) is 5.22. The molecule has 1 N–H and O–H groups in total. The van der Waals surface area contributed by atoms with Crippen molar-refractivity contribution < 1.29 is 13.2 Å². The molecule has 0 aliphatic carbocycles. The number of benzene rings is 1. The van der Waals surface area contributed by atoms with Crippen LogP contribution < -0.4 is 14.4 Å². The van der Waals surface area contributed by atoms with Crippen LogP contribution in [0, 0.1) is 0 Å². The van der Waals surface area contributed by atoms with Crippen LogP contribution in [0.2, 0.25) is 0 Å². The van der Waals surface area contributed by atoms with E-state index in [1.54, 1.807) is 0 Å². The fourth-order valence-electron chi connectivity index (χ4n) is 2.34. The van der Waals surface area contributed by atoms with Gasteiger partial charge in [-0.3, -0.25) is 4.31 Å². The quantitative estimate of drug-likeness (QED) is 0.816. The van der Waals surface area contributed by atoms with Crippen LogP contribution in [-0.4, -0.2) is 39.9 Å². The van der Waals surface area contributed by atoms with Crippen molar-refractivity contribution in [3.05, 3.63) is 24.3 Å². The van der Waals surface area contributed by atoms with Gasteiger partial charge in [-0.05, 0) is 25.1 Å². The predicted octanol–water partition coefficient (Wildman–Crippen LogP) is 1.99. The molecular weight excluding hydrogens is 288 g/mol. The van der Waals surface area contributed by atoms with Crippen LogP contribution in [0.5, 0.6) is 5.75 Å². The highest BCUT2D eigenvalue weighted by atomic mass is 32.2. The summed E-state index contributed by atoms with van der Waals surface area (Å²) in [5, 5.41) is 3.24. The Morgan fingerprint density at radius 3 is 2.86 bits per heavy atom. The van der Waals surface area contributed by atoms with Crippen molar-refractivity contribution in [1.29, 1.82) is 0 Å². The molecule has 1 aliphatic heterocycles. The van der Waals surface area contributed by atoms with E-state index >= 15 is 0 Å². The molecule has 0 atom stereocenters. The molecule has 0 saturated carbocycles. The van der Waals surface area contributed by atoms with Gasteiger partial charge in [-0.25, -0.2) is 8.42 Å². The van der Waals surface area contributed by atoms with E-state index in [9.17, 15) is 8.42 Å². The van der Waals surface area contributed by atoms with Gasteiger partial charge >= 0.3 is 0 Å². The molecule has 118 valence electrons. The third kappa shape index (κ3) is 4.35. The van der Waals surface area contributed by atoms with Crippen molar-refractivity contribution in [1.82, 2.24) is 5.32 Å². The van der Waals surface area contributed by atoms with Crippen molar-refractivity contribution in [2.45, 2.75) is 32.7 Å². The van der Waals surface area contributed by atoms with Gasteiger partial charge in [0.2, 0.25) is 10.0 Å². The number of hydrogen-bond acceptors (Lipinski definition) is 4. The first-order chi connectivity index (χ1) is 10.0. The minimum Gasteiger partial charge on any atom is -0.491 e. The molecule has 0 aromatic heterocycles. The monoisotopic (exact) mass is 312 g/mol. The molecular formula is C15H24N2O3S. The van der Waals surface area contributed by atoms with Crippen LogP contribution in [0.4, 0.5) is 5.69 Å². The molecule has 0 radical (unpaired) electrons. The summed E-state index contributed by atoms with van der Waals surface area (Å²) in [6.07, 6.45) is 1.32. The molecule has 21 heavy (non-hydrogen) atoms. The van der Waals surface area contributed by atoms with E-state index in [1.807, 2.05) is 24.3 Å². The van der Waals surface area contributed by atoms with Gasteiger partial charge < -0.3 is 10.1 Å². The lowest BCUT2D eigenvalue weighted by molar-refractivity contribution is 0.322. The highest BCUT2D eigenvalue weighted by Gasteiger charge is 2.26. The van der Waals surface area contributed by atoms with Gasteiger partial charge in [0.1, 0.15) is 5.75 Å². The lowest BCUT2D eigenvalue weighted by Gasteiger charge is -2.23. The van der Waals surface area contributed by atoms with Gasteiger partial charge in [0.25, 0.3) is 0 Å². The molecule has 1 aromatic carbocycles. The highest BCUT2D eigenvalue weighted by Crippen LogP contribution is 2.32. The molecule has 1 aliphatic rings. The van der Waals surface area contributed by atoms with Crippen molar-refractivity contribution in [3.63, 3.8) is 0 Å². The van der Waals surface area contributed by atoms with E-state index in [2.05, 4.69) is 19.2 Å². The number of fused-ring (bicyclic) bond motifs is 1. The minimum absolute atomic E-state index is 0.154. The lowest BCUT2D eigenvalue weighted by Crippen LogP contribution is -2.35. The first-order valence-electron chi connectivity index (χ1n) is 7.46. The van der Waals surface area contributed by atoms with Crippen molar-refractivity contribution in [2.24, 2.45) is 0 Å². The molecule has 0 unspecified atom stereocenters. The summed E-state index contributed by atoms with van der Waals surface area (Å²) in [6, 6.07) is 7.71. The van der Waals surface area contributed by atoms with Crippen LogP contribution in [0.3, 0.4) is 0 Å². The Balaban J connectivity index is 2.08. The first-order valence-corrected chi connectivity index (χ1v) is 9.07. The number of nitrogens with zero attached hydrogens (tertiary/aromatic N) is 1. The fraction of sp³-hybridized carbons (Fsp3) is 0.600. The zero-order chi connectivity index (χ0) is 15.3. The van der Waals surface area contributed by atoms with E-state index in [0.717, 1.165) is 0 Å². The van der Waals surface area contributed by atoms with Gasteiger partial charge in [-0.2, -0.15) is 0 Å². The molecule has 2 rings (SSSR count). The number of rotatable bonds is 6. The number of para-hydroxylation sites is 2. The number of hydrogen-bond donors (Lipinski definition) is 1. The van der Waals surface area contributed by atoms with Gasteiger partial charge in [0.15, 0.2) is 0 Å². The van der Waals surface area contributed by atoms with Gasteiger partial charge in [-0.1, -0.05) is 26.0 Å². The van der Waals surface area contributed by atoms with E-state index in [4.69, 9.17) is 4.74 Å². The zero-order valence-electron chi connectivity index (χ0n) is 12.7. The topological polar surface area (TPSA) is 58.6 Å². The fourth-order valence-corrected chi connectivity index (χ4v) is 3.93. The summed E-state index contributed by atoms with van der Waals surface area (Å²) in [5.41, 5.74) is 0.659. The van der Waals surface area contributed by atoms with E-state index in [1.165, 1.54) is 4.31 Å². The number of sulfonamides is 1. The summed E-state index contributed by atoms with van der Waals surface area (Å²) in [7, 11) is -3.30. The van der Waals surface area contributed by atoms with Gasteiger partial charge in [0, 0.05) is 19.0 Å². The molecule has 0 bridgehead atoms. The Bertz CT molecular complexity index is 558. The molecule has 5 nitrogen and oxygen atoms in total. The van der Waals surface area contributed by atoms with Crippen molar-refractivity contribution in [2.75, 3.05) is 29.8 Å². The van der Waals surface area contributed by atoms with Crippen molar-refractivity contribution >= 4 is 15.7 Å². The summed E-state index contributed by atoms with van der Waals surface area (Å²) in [6.45, 7) is 5.85. The normalized spacial score (nSPS) is 15.5. The smallest absolute Gasteiger partial charge is 0.235 e. The number of ether oxygens (including phenoxy) is 1. The average Bonchev–Trinajstić information content (AvgIpc) is 2.66. The molecule has 0 amide bonds. The Morgan fingerprint density at radius 2 is 2.10 bits per heavy atom. The van der Waals surface area contributed by atoms with Crippen LogP contribution >= 0.6 is 0 Å². The van der Waals surface area contributed by atoms with Gasteiger partial charge in [-0.15, -0.1) is 0 Å². The maximum Gasteiger partial charge on any atom is 0.235 e. The van der Waals surface area contributed by atoms with E-state index < -0.39 is 10.0 Å². The first kappa shape index (κ1) is 16.1. The summed E-state index contributed by atoms with van der Waals surface area (Å²) >= 11 is 0. The van der Waals surface area contributed by atoms with Crippen LogP contribution in [0.15, 0.2) is 24.3 Å². The van der Waals surface area contributed by atoms with Crippen LogP contribution in [-0.2, 0) is 10.0 Å². The number of nitrogens with one attached hydrogen (secondary N) is 1. The third-order valence-electron chi connectivity index (χ3n) is 3.36. The second kappa shape index (κ2) is 7.13. The minimum atomic E-state index is -3.30.